The number of rotatable bonds is 6. The summed E-state index contributed by atoms with van der Waals surface area (Å²) < 4.78 is 12.4. The first-order valence-corrected chi connectivity index (χ1v) is 11.3. The van der Waals surface area contributed by atoms with Gasteiger partial charge in [0, 0.05) is 5.56 Å². The number of halogens is 1. The molecular formula is C23H16ClN5O4S. The molecule has 1 N–H and O–H groups in total. The molecule has 0 radical (unpaired) electrons. The maximum Gasteiger partial charge on any atom is 0.294 e. The summed E-state index contributed by atoms with van der Waals surface area (Å²) in [6.45, 7) is 0. The smallest absolute Gasteiger partial charge is 0.294 e. The summed E-state index contributed by atoms with van der Waals surface area (Å²) in [7, 11) is 1.43. The van der Waals surface area contributed by atoms with Crippen LogP contribution in [0.15, 0.2) is 69.5 Å². The summed E-state index contributed by atoms with van der Waals surface area (Å²) in [5.41, 5.74) is 0.0535. The predicted octanol–water partition coefficient (Wildman–Crippen LogP) is 4.03. The van der Waals surface area contributed by atoms with Gasteiger partial charge in [0.15, 0.2) is 27.4 Å². The summed E-state index contributed by atoms with van der Waals surface area (Å²) in [4.78, 5) is 31.9. The van der Waals surface area contributed by atoms with E-state index in [9.17, 15) is 14.9 Å². The van der Waals surface area contributed by atoms with Crippen molar-refractivity contribution in [2.45, 2.75) is 5.16 Å². The zero-order valence-electron chi connectivity index (χ0n) is 17.9. The Morgan fingerprint density at radius 3 is 2.56 bits per heavy atom. The lowest BCUT2D eigenvalue weighted by Gasteiger charge is -2.14. The van der Waals surface area contributed by atoms with Crippen LogP contribution in [0.1, 0.15) is 5.56 Å². The van der Waals surface area contributed by atoms with Gasteiger partial charge in [0.25, 0.3) is 11.1 Å². The van der Waals surface area contributed by atoms with Crippen molar-refractivity contribution in [2.24, 2.45) is 0 Å². The number of nitrogens with zero attached hydrogens (tertiary/aromatic N) is 4. The molecule has 0 saturated heterocycles. The molecule has 2 aromatic heterocycles. The van der Waals surface area contributed by atoms with Gasteiger partial charge in [-0.25, -0.2) is 4.98 Å². The lowest BCUT2D eigenvalue weighted by Crippen LogP contribution is -2.21. The van der Waals surface area contributed by atoms with Crippen molar-refractivity contribution >= 4 is 23.4 Å². The van der Waals surface area contributed by atoms with Gasteiger partial charge in [0.05, 0.1) is 24.7 Å². The van der Waals surface area contributed by atoms with Crippen LogP contribution >= 0.6 is 23.4 Å². The number of nitrogens with one attached hydrogen (secondary N) is 1. The van der Waals surface area contributed by atoms with Crippen molar-refractivity contribution in [3.05, 3.63) is 86.0 Å². The normalized spacial score (nSPS) is 10.5. The van der Waals surface area contributed by atoms with Gasteiger partial charge in [0.2, 0.25) is 0 Å². The van der Waals surface area contributed by atoms with Gasteiger partial charge in [0.1, 0.15) is 11.6 Å². The Morgan fingerprint density at radius 1 is 1.12 bits per heavy atom. The highest BCUT2D eigenvalue weighted by Crippen LogP contribution is 2.36. The molecule has 0 atom stereocenters. The van der Waals surface area contributed by atoms with Crippen LogP contribution in [0, 0.1) is 11.3 Å². The topological polar surface area (TPSA) is 123 Å². The van der Waals surface area contributed by atoms with Gasteiger partial charge < -0.3 is 14.5 Å². The molecule has 4 rings (SSSR count). The summed E-state index contributed by atoms with van der Waals surface area (Å²) >= 11 is 7.53. The van der Waals surface area contributed by atoms with Gasteiger partial charge in [-0.15, -0.1) is 0 Å². The molecule has 2 heterocycles. The van der Waals surface area contributed by atoms with Gasteiger partial charge in [-0.2, -0.15) is 15.0 Å². The van der Waals surface area contributed by atoms with Crippen molar-refractivity contribution in [2.75, 3.05) is 13.4 Å². The van der Waals surface area contributed by atoms with Crippen LogP contribution in [0.4, 0.5) is 0 Å². The van der Waals surface area contributed by atoms with Crippen LogP contribution in [-0.4, -0.2) is 33.1 Å². The summed E-state index contributed by atoms with van der Waals surface area (Å²) in [6, 6.07) is 15.5. The van der Waals surface area contributed by atoms with Crippen LogP contribution in [0.3, 0.4) is 0 Å². The second kappa shape index (κ2) is 9.82. The summed E-state index contributed by atoms with van der Waals surface area (Å²) in [5.74, 6) is 0.569. The molecular weight excluding hydrogens is 478 g/mol. The largest absolute Gasteiger partial charge is 0.493 e. The maximum absolute atomic E-state index is 12.7. The van der Waals surface area contributed by atoms with Gasteiger partial charge in [-0.1, -0.05) is 41.6 Å². The van der Waals surface area contributed by atoms with Crippen molar-refractivity contribution in [3.63, 3.8) is 0 Å². The molecule has 11 heteroatoms. The second-order valence-electron chi connectivity index (χ2n) is 6.75. The van der Waals surface area contributed by atoms with E-state index in [1.807, 2.05) is 12.1 Å². The fraction of sp³-hybridized carbons (Fsp3) is 0.0870. The second-order valence-corrected chi connectivity index (χ2v) is 7.93. The molecule has 0 aliphatic carbocycles. The average molecular weight is 494 g/mol. The highest BCUT2D eigenvalue weighted by atomic mass is 35.5. The molecule has 0 bridgehead atoms. The molecule has 34 heavy (non-hydrogen) atoms. The Morgan fingerprint density at radius 2 is 1.88 bits per heavy atom. The van der Waals surface area contributed by atoms with E-state index in [1.165, 1.54) is 29.8 Å². The van der Waals surface area contributed by atoms with Gasteiger partial charge in [-0.05, 0) is 36.6 Å². The molecule has 0 spiro atoms. The highest BCUT2D eigenvalue weighted by Gasteiger charge is 2.18. The predicted molar refractivity (Wildman–Crippen MR) is 128 cm³/mol. The Balaban J connectivity index is 1.73. The van der Waals surface area contributed by atoms with E-state index >= 15 is 0 Å². The number of aromatic nitrogens is 4. The van der Waals surface area contributed by atoms with Crippen LogP contribution in [0.5, 0.6) is 17.2 Å². The highest BCUT2D eigenvalue weighted by molar-refractivity contribution is 7.98. The number of para-hydroxylation sites is 1. The lowest BCUT2D eigenvalue weighted by atomic mass is 10.1. The van der Waals surface area contributed by atoms with Gasteiger partial charge in [-0.3, -0.25) is 9.59 Å². The number of benzene rings is 2. The first-order valence-electron chi connectivity index (χ1n) is 9.74. The summed E-state index contributed by atoms with van der Waals surface area (Å²) in [5, 5.41) is 13.8. The zero-order chi connectivity index (χ0) is 24.2. The van der Waals surface area contributed by atoms with Crippen LogP contribution in [0.25, 0.3) is 16.9 Å². The van der Waals surface area contributed by atoms with E-state index in [-0.39, 0.29) is 33.5 Å². The molecule has 0 amide bonds. The lowest BCUT2D eigenvalue weighted by molar-refractivity contribution is 0.378. The monoisotopic (exact) mass is 493 g/mol. The third-order valence-corrected chi connectivity index (χ3v) is 5.68. The fourth-order valence-electron chi connectivity index (χ4n) is 3.12. The van der Waals surface area contributed by atoms with E-state index in [1.54, 1.807) is 48.7 Å². The number of H-pyrrole nitrogens is 1. The third kappa shape index (κ3) is 4.39. The Labute approximate surface area is 202 Å². The minimum absolute atomic E-state index is 0.0431. The molecule has 170 valence electrons. The van der Waals surface area contributed by atoms with Crippen molar-refractivity contribution in [1.82, 2.24) is 19.7 Å². The quantitative estimate of drug-likeness (QED) is 0.315. The third-order valence-electron chi connectivity index (χ3n) is 4.75. The molecule has 4 aromatic rings. The number of methoxy groups -OCH3 is 1. The number of ether oxygens (including phenoxy) is 2. The minimum atomic E-state index is -0.545. The first kappa shape index (κ1) is 23.1. The zero-order valence-corrected chi connectivity index (χ0v) is 19.5. The Kier molecular flexibility index (Phi) is 6.67. The number of thioether (sulfide) groups is 1. The van der Waals surface area contributed by atoms with Crippen molar-refractivity contribution in [1.29, 1.82) is 5.26 Å². The van der Waals surface area contributed by atoms with E-state index < -0.39 is 11.1 Å². The summed E-state index contributed by atoms with van der Waals surface area (Å²) in [6.07, 6.45) is 3.09. The number of hydrogen-bond acceptors (Lipinski definition) is 8. The van der Waals surface area contributed by atoms with Crippen LogP contribution in [-0.2, 0) is 0 Å². The van der Waals surface area contributed by atoms with Gasteiger partial charge >= 0.3 is 0 Å². The maximum atomic E-state index is 12.7. The van der Waals surface area contributed by atoms with E-state index in [4.69, 9.17) is 21.1 Å². The van der Waals surface area contributed by atoms with E-state index in [0.29, 0.717) is 16.4 Å². The minimum Gasteiger partial charge on any atom is -0.493 e. The standard InChI is InChI=1S/C23H16ClN5O4S/c1-32-17-10-13(20-15(11-25)21(30)28-23(27-20)34-2)8-9-16(17)33-18-12-26-29(22(31)19(18)24)14-6-4-3-5-7-14/h3-10,12H,1-2H3,(H,27,28,30). The van der Waals surface area contributed by atoms with Crippen LogP contribution in [0.2, 0.25) is 5.02 Å². The van der Waals surface area contributed by atoms with Crippen molar-refractivity contribution < 1.29 is 9.47 Å². The molecule has 0 aliphatic heterocycles. The molecule has 9 nitrogen and oxygen atoms in total. The number of hydrogen-bond donors (Lipinski definition) is 1. The van der Waals surface area contributed by atoms with E-state index in [0.717, 1.165) is 0 Å². The fourth-order valence-corrected chi connectivity index (χ4v) is 3.67. The molecule has 2 aromatic carbocycles. The molecule has 0 fully saturated rings. The molecule has 0 unspecified atom stereocenters. The van der Waals surface area contributed by atoms with Crippen LogP contribution < -0.4 is 20.6 Å². The first-order chi connectivity index (χ1) is 16.5. The Hall–Kier alpha value is -4.07. The Bertz CT molecular complexity index is 1530. The number of aromatic amines is 1. The molecule has 0 saturated carbocycles. The molecule has 0 aliphatic rings. The number of nitriles is 1. The van der Waals surface area contributed by atoms with E-state index in [2.05, 4.69) is 15.1 Å². The SMILES string of the molecule is COc1cc(-c2nc(SC)[nH]c(=O)c2C#N)ccc1Oc1cnn(-c2ccccc2)c(=O)c1Cl. The average Bonchev–Trinajstić information content (AvgIpc) is 2.87. The van der Waals surface area contributed by atoms with Crippen molar-refractivity contribution in [3.8, 4) is 40.3 Å².